The predicted molar refractivity (Wildman–Crippen MR) is 129 cm³/mol. The van der Waals surface area contributed by atoms with Crippen molar-refractivity contribution in [3.05, 3.63) is 41.6 Å². The number of nitrogens with zero attached hydrogens (tertiary/aromatic N) is 5. The van der Waals surface area contributed by atoms with Gasteiger partial charge in [0.05, 0.1) is 23.4 Å². The van der Waals surface area contributed by atoms with Crippen LogP contribution in [0.5, 0.6) is 0 Å². The van der Waals surface area contributed by atoms with E-state index in [0.29, 0.717) is 41.1 Å². The summed E-state index contributed by atoms with van der Waals surface area (Å²) in [6.07, 6.45) is 2.24. The molecule has 1 atom stereocenters. The molecule has 1 amide bonds. The third kappa shape index (κ3) is 5.14. The summed E-state index contributed by atoms with van der Waals surface area (Å²) in [7, 11) is 1.88. The van der Waals surface area contributed by atoms with Crippen LogP contribution in [-0.4, -0.2) is 46.5 Å². The first kappa shape index (κ1) is 23.8. The summed E-state index contributed by atoms with van der Waals surface area (Å²) in [5, 5.41) is 16.7. The van der Waals surface area contributed by atoms with E-state index in [4.69, 9.17) is 10.00 Å². The second kappa shape index (κ2) is 9.32. The number of aromatic nitrogens is 3. The lowest BCUT2D eigenvalue weighted by atomic mass is 9.92. The van der Waals surface area contributed by atoms with Crippen LogP contribution in [0.25, 0.3) is 5.65 Å². The van der Waals surface area contributed by atoms with Crippen LogP contribution in [-0.2, 0) is 4.74 Å². The minimum absolute atomic E-state index is 0.209. The zero-order chi connectivity index (χ0) is 24.3. The summed E-state index contributed by atoms with van der Waals surface area (Å²) < 4.78 is 7.14. The molecule has 170 valence electrons. The molecule has 0 bridgehead atoms. The summed E-state index contributed by atoms with van der Waals surface area (Å²) in [5.74, 6) is 0.844. The highest BCUT2D eigenvalue weighted by Crippen LogP contribution is 2.27. The predicted octanol–water partition coefficient (Wildman–Crippen LogP) is 2.96. The first-order valence-electron chi connectivity index (χ1n) is 10.7. The van der Waals surface area contributed by atoms with Crippen molar-refractivity contribution in [3.8, 4) is 6.07 Å². The fourth-order valence-electron chi connectivity index (χ4n) is 3.29. The molecule has 1 aromatic carbocycles. The zero-order valence-corrected chi connectivity index (χ0v) is 19.7. The minimum Gasteiger partial charge on any atom is -0.443 e. The van der Waals surface area contributed by atoms with Crippen molar-refractivity contribution in [2.45, 2.75) is 52.7 Å². The molecule has 0 saturated carbocycles. The van der Waals surface area contributed by atoms with Crippen LogP contribution in [0.15, 0.2) is 30.5 Å². The van der Waals surface area contributed by atoms with Crippen LogP contribution in [0.2, 0.25) is 0 Å². The van der Waals surface area contributed by atoms with Gasteiger partial charge in [-0.05, 0) is 52.3 Å². The molecule has 0 radical (unpaired) electrons. The van der Waals surface area contributed by atoms with Gasteiger partial charge in [-0.25, -0.2) is 9.78 Å². The average molecular weight is 446 g/mol. The summed E-state index contributed by atoms with van der Waals surface area (Å²) in [6, 6.07) is 8.86. The Kier molecular flexibility index (Phi) is 6.72. The molecule has 2 aromatic heterocycles. The van der Waals surface area contributed by atoms with Gasteiger partial charge < -0.3 is 10.1 Å². The van der Waals surface area contributed by atoms with Crippen LogP contribution in [0.1, 0.15) is 57.0 Å². The molecular formula is C23H27BN6O3. The fourth-order valence-corrected chi connectivity index (χ4v) is 3.29. The number of carbonyl (C=O) groups is 2. The lowest BCUT2D eigenvalue weighted by Gasteiger charge is -2.31. The molecule has 0 aliphatic carbocycles. The van der Waals surface area contributed by atoms with Gasteiger partial charge in [-0.1, -0.05) is 12.4 Å². The molecule has 3 aromatic rings. The van der Waals surface area contributed by atoms with E-state index in [-0.39, 0.29) is 6.04 Å². The van der Waals surface area contributed by atoms with Gasteiger partial charge in [-0.15, -0.1) is 0 Å². The molecule has 3 rings (SSSR count). The summed E-state index contributed by atoms with van der Waals surface area (Å²) in [5.41, 5.74) is 2.07. The Hall–Kier alpha value is -3.87. The number of amides is 1. The van der Waals surface area contributed by atoms with Crippen LogP contribution < -0.4 is 15.7 Å². The van der Waals surface area contributed by atoms with Gasteiger partial charge in [0.1, 0.15) is 25.1 Å². The number of hydrogen-bond donors (Lipinski definition) is 1. The van der Waals surface area contributed by atoms with Gasteiger partial charge in [-0.3, -0.25) is 9.69 Å². The fraction of sp³-hybridized carbons (Fsp3) is 0.348. The highest BCUT2D eigenvalue weighted by Gasteiger charge is 2.30. The maximum atomic E-state index is 13.2. The maximum absolute atomic E-state index is 13.2. The van der Waals surface area contributed by atoms with Crippen molar-refractivity contribution < 1.29 is 14.3 Å². The average Bonchev–Trinajstić information content (AvgIpc) is 3.17. The van der Waals surface area contributed by atoms with Crippen molar-refractivity contribution in [1.29, 1.82) is 5.26 Å². The second-order valence-corrected chi connectivity index (χ2v) is 8.83. The smallest absolute Gasteiger partial charge is 0.416 e. The number of fused-ring (bicyclic) bond motifs is 1. The summed E-state index contributed by atoms with van der Waals surface area (Å²) in [6.45, 7) is 9.31. The molecule has 33 heavy (non-hydrogen) atoms. The van der Waals surface area contributed by atoms with E-state index in [2.05, 4.69) is 21.5 Å². The van der Waals surface area contributed by atoms with Crippen LogP contribution in [0.4, 0.5) is 22.1 Å². The van der Waals surface area contributed by atoms with Gasteiger partial charge in [0.25, 0.3) is 0 Å². The second-order valence-electron chi connectivity index (χ2n) is 8.83. The quantitative estimate of drug-likeness (QED) is 0.458. The van der Waals surface area contributed by atoms with E-state index in [0.717, 1.165) is 11.2 Å². The number of rotatable bonds is 6. The Balaban J connectivity index is 2.17. The van der Waals surface area contributed by atoms with Crippen LogP contribution in [0, 0.1) is 11.3 Å². The standard InChI is InChI=1S/C23H27BN6O3/c1-6-14(2)29(22(32)33-23(3,4)5)20-10-19(28-21-16(13-31)12-26-30(20)21)27-18-8-7-15(11-25)9-17(18)24/h7-10,12-14H,6,24H2,1-5H3,(H,27,28). The van der Waals surface area contributed by atoms with E-state index in [1.807, 2.05) is 21.7 Å². The number of hydrogen-bond acceptors (Lipinski definition) is 7. The largest absolute Gasteiger partial charge is 0.443 e. The van der Waals surface area contributed by atoms with Crippen LogP contribution >= 0.6 is 0 Å². The molecule has 0 fully saturated rings. The Bertz CT molecular complexity index is 1240. The normalized spacial score (nSPS) is 12.1. The number of aldehydes is 1. The first-order valence-corrected chi connectivity index (χ1v) is 10.7. The molecule has 0 aliphatic heterocycles. The van der Waals surface area contributed by atoms with Gasteiger partial charge in [0.2, 0.25) is 0 Å². The highest BCUT2D eigenvalue weighted by molar-refractivity contribution is 6.36. The number of anilines is 3. The molecule has 1 N–H and O–H groups in total. The molecule has 9 nitrogen and oxygen atoms in total. The molecule has 1 unspecified atom stereocenters. The number of nitriles is 1. The van der Waals surface area contributed by atoms with Gasteiger partial charge in [0.15, 0.2) is 11.9 Å². The number of carbonyl (C=O) groups excluding carboxylic acids is 2. The maximum Gasteiger partial charge on any atom is 0.416 e. The number of ether oxygens (including phenoxy) is 1. The summed E-state index contributed by atoms with van der Waals surface area (Å²) in [4.78, 5) is 30.9. The Morgan fingerprint density at radius 1 is 1.39 bits per heavy atom. The van der Waals surface area contributed by atoms with Gasteiger partial charge in [-0.2, -0.15) is 14.9 Å². The molecule has 10 heteroatoms. The molecule has 2 heterocycles. The van der Waals surface area contributed by atoms with Crippen molar-refractivity contribution in [1.82, 2.24) is 14.6 Å². The zero-order valence-electron chi connectivity index (χ0n) is 19.7. The minimum atomic E-state index is -0.687. The molecular weight excluding hydrogens is 419 g/mol. The van der Waals surface area contributed by atoms with Crippen molar-refractivity contribution in [2.24, 2.45) is 0 Å². The molecule has 0 aliphatic rings. The lowest BCUT2D eigenvalue weighted by Crippen LogP contribution is -2.43. The SMILES string of the molecule is Bc1cc(C#N)ccc1Nc1cc(N(C(=O)OC(C)(C)C)C(C)CC)n2ncc(C=O)c2n1. The molecule has 0 saturated heterocycles. The lowest BCUT2D eigenvalue weighted by molar-refractivity contribution is 0.0565. The van der Waals surface area contributed by atoms with Gasteiger partial charge in [0, 0.05) is 17.8 Å². The summed E-state index contributed by atoms with van der Waals surface area (Å²) >= 11 is 0. The van der Waals surface area contributed by atoms with Crippen molar-refractivity contribution in [3.63, 3.8) is 0 Å². The third-order valence-electron chi connectivity index (χ3n) is 5.09. The number of benzene rings is 1. The van der Waals surface area contributed by atoms with E-state index >= 15 is 0 Å². The topological polar surface area (TPSA) is 113 Å². The Labute approximate surface area is 193 Å². The van der Waals surface area contributed by atoms with Gasteiger partial charge >= 0.3 is 6.09 Å². The highest BCUT2D eigenvalue weighted by atomic mass is 16.6. The van der Waals surface area contributed by atoms with E-state index in [1.165, 1.54) is 15.6 Å². The molecule has 0 spiro atoms. The van der Waals surface area contributed by atoms with Crippen molar-refractivity contribution in [2.75, 3.05) is 10.2 Å². The van der Waals surface area contributed by atoms with E-state index < -0.39 is 11.7 Å². The Morgan fingerprint density at radius 2 is 2.12 bits per heavy atom. The van der Waals surface area contributed by atoms with E-state index in [9.17, 15) is 9.59 Å². The van der Waals surface area contributed by atoms with E-state index in [1.54, 1.807) is 45.0 Å². The van der Waals surface area contributed by atoms with Crippen molar-refractivity contribution >= 4 is 48.7 Å². The Morgan fingerprint density at radius 3 is 2.70 bits per heavy atom. The monoisotopic (exact) mass is 446 g/mol. The first-order chi connectivity index (χ1) is 15.6. The third-order valence-corrected chi connectivity index (χ3v) is 5.09. The van der Waals surface area contributed by atoms with Crippen LogP contribution in [0.3, 0.4) is 0 Å². The number of nitrogens with one attached hydrogen (secondary N) is 1.